The van der Waals surface area contributed by atoms with Gasteiger partial charge in [-0.15, -0.1) is 0 Å². The lowest BCUT2D eigenvalue weighted by Gasteiger charge is -2.08. The molecule has 0 aliphatic carbocycles. The van der Waals surface area contributed by atoms with E-state index < -0.39 is 0 Å². The Labute approximate surface area is 142 Å². The van der Waals surface area contributed by atoms with Gasteiger partial charge in [-0.2, -0.15) is 0 Å². The quantitative estimate of drug-likeness (QED) is 0.724. The lowest BCUT2D eigenvalue weighted by molar-refractivity contribution is -0.116. The minimum atomic E-state index is -0.0325. The Morgan fingerprint density at radius 1 is 1.17 bits per heavy atom. The number of anilines is 1. The summed E-state index contributed by atoms with van der Waals surface area (Å²) in [6.07, 6.45) is 2.10. The summed E-state index contributed by atoms with van der Waals surface area (Å²) in [6, 6.07) is 13.6. The van der Waals surface area contributed by atoms with Gasteiger partial charge in [-0.25, -0.2) is 0 Å². The van der Waals surface area contributed by atoms with Crippen molar-refractivity contribution in [3.05, 3.63) is 58.6 Å². The summed E-state index contributed by atoms with van der Waals surface area (Å²) in [4.78, 5) is 11.9. The van der Waals surface area contributed by atoms with Gasteiger partial charge in [0.2, 0.25) is 5.91 Å². The first kappa shape index (κ1) is 17.4. The number of amides is 1. The first-order valence-electron chi connectivity index (χ1n) is 7.86. The van der Waals surface area contributed by atoms with Gasteiger partial charge in [0.05, 0.1) is 6.61 Å². The third-order valence-corrected chi connectivity index (χ3v) is 4.01. The number of halogens is 1. The number of rotatable bonds is 7. The van der Waals surface area contributed by atoms with Crippen LogP contribution in [-0.4, -0.2) is 12.5 Å². The monoisotopic (exact) mass is 331 g/mol. The average Bonchev–Trinajstić information content (AvgIpc) is 2.55. The highest BCUT2D eigenvalue weighted by Crippen LogP contribution is 2.20. The first-order chi connectivity index (χ1) is 11.1. The van der Waals surface area contributed by atoms with E-state index in [1.807, 2.05) is 31.2 Å². The van der Waals surface area contributed by atoms with Crippen LogP contribution in [0.5, 0.6) is 5.75 Å². The van der Waals surface area contributed by atoms with Crippen LogP contribution in [-0.2, 0) is 11.2 Å². The van der Waals surface area contributed by atoms with Crippen LogP contribution < -0.4 is 10.1 Å². The van der Waals surface area contributed by atoms with Crippen LogP contribution in [0.4, 0.5) is 5.69 Å². The molecule has 4 heteroatoms. The van der Waals surface area contributed by atoms with E-state index in [0.717, 1.165) is 23.4 Å². The largest absolute Gasteiger partial charge is 0.494 e. The van der Waals surface area contributed by atoms with Gasteiger partial charge in [0.1, 0.15) is 5.75 Å². The first-order valence-corrected chi connectivity index (χ1v) is 8.24. The molecule has 0 aliphatic rings. The molecule has 0 heterocycles. The molecule has 0 fully saturated rings. The van der Waals surface area contributed by atoms with Crippen LogP contribution in [0, 0.1) is 6.92 Å². The highest BCUT2D eigenvalue weighted by Gasteiger charge is 2.04. The predicted octanol–water partition coefficient (Wildman–Crippen LogP) is 5.01. The molecule has 0 aliphatic heterocycles. The zero-order valence-electron chi connectivity index (χ0n) is 13.6. The van der Waals surface area contributed by atoms with Crippen molar-refractivity contribution < 1.29 is 9.53 Å². The van der Waals surface area contributed by atoms with E-state index in [9.17, 15) is 4.79 Å². The smallest absolute Gasteiger partial charge is 0.224 e. The summed E-state index contributed by atoms with van der Waals surface area (Å²) in [5.74, 6) is 0.808. The van der Waals surface area contributed by atoms with Crippen molar-refractivity contribution in [1.29, 1.82) is 0 Å². The molecule has 3 nitrogen and oxygen atoms in total. The number of aryl methyl sites for hydroxylation is 2. The van der Waals surface area contributed by atoms with Gasteiger partial charge in [0.25, 0.3) is 0 Å². The Hall–Kier alpha value is -2.00. The molecule has 2 aromatic carbocycles. The van der Waals surface area contributed by atoms with Gasteiger partial charge >= 0.3 is 0 Å². The number of benzene rings is 2. The van der Waals surface area contributed by atoms with Crippen molar-refractivity contribution in [2.75, 3.05) is 11.9 Å². The molecule has 1 amide bonds. The Balaban J connectivity index is 1.70. The maximum Gasteiger partial charge on any atom is 0.224 e. The Morgan fingerprint density at radius 3 is 2.57 bits per heavy atom. The van der Waals surface area contributed by atoms with Crippen molar-refractivity contribution >= 4 is 23.2 Å². The molecule has 23 heavy (non-hydrogen) atoms. The molecule has 0 unspecified atom stereocenters. The number of hydrogen-bond donors (Lipinski definition) is 1. The van der Waals surface area contributed by atoms with Crippen molar-refractivity contribution in [3.63, 3.8) is 0 Å². The highest BCUT2D eigenvalue weighted by molar-refractivity contribution is 6.31. The Morgan fingerprint density at radius 2 is 1.91 bits per heavy atom. The van der Waals surface area contributed by atoms with E-state index in [1.165, 1.54) is 5.56 Å². The third-order valence-electron chi connectivity index (χ3n) is 3.60. The fourth-order valence-electron chi connectivity index (χ4n) is 2.14. The van der Waals surface area contributed by atoms with E-state index in [2.05, 4.69) is 24.4 Å². The second-order valence-corrected chi connectivity index (χ2v) is 5.87. The molecule has 0 spiro atoms. The zero-order chi connectivity index (χ0) is 16.7. The van der Waals surface area contributed by atoms with Crippen LogP contribution in [0.15, 0.2) is 42.5 Å². The van der Waals surface area contributed by atoms with E-state index in [4.69, 9.17) is 16.3 Å². The van der Waals surface area contributed by atoms with Crippen LogP contribution in [0.3, 0.4) is 0 Å². The summed E-state index contributed by atoms with van der Waals surface area (Å²) in [5, 5.41) is 3.50. The Bertz CT molecular complexity index is 653. The molecule has 0 saturated heterocycles. The molecule has 0 aromatic heterocycles. The molecular formula is C19H22ClNO2. The fourth-order valence-corrected chi connectivity index (χ4v) is 2.32. The summed E-state index contributed by atoms with van der Waals surface area (Å²) in [6.45, 7) is 4.57. The molecule has 2 rings (SSSR count). The van der Waals surface area contributed by atoms with Gasteiger partial charge in [-0.05, 0) is 55.2 Å². The molecular weight excluding hydrogens is 310 g/mol. The fraction of sp³-hybridized carbons (Fsp3) is 0.316. The van der Waals surface area contributed by atoms with Gasteiger partial charge < -0.3 is 10.1 Å². The lowest BCUT2D eigenvalue weighted by Crippen LogP contribution is -2.12. The number of carbonyl (C=O) groups is 1. The third kappa shape index (κ3) is 5.61. The molecule has 0 atom stereocenters. The van der Waals surface area contributed by atoms with Gasteiger partial charge in [-0.1, -0.05) is 36.7 Å². The summed E-state index contributed by atoms with van der Waals surface area (Å²) < 4.78 is 5.64. The predicted molar refractivity (Wildman–Crippen MR) is 95.4 cm³/mol. The minimum absolute atomic E-state index is 0.0325. The van der Waals surface area contributed by atoms with E-state index in [-0.39, 0.29) is 5.91 Å². The minimum Gasteiger partial charge on any atom is -0.494 e. The molecule has 0 saturated carbocycles. The van der Waals surface area contributed by atoms with Crippen LogP contribution in [0.2, 0.25) is 5.02 Å². The number of nitrogens with one attached hydrogen (secondary N) is 1. The number of ether oxygens (including phenoxy) is 1. The number of hydrogen-bond acceptors (Lipinski definition) is 2. The van der Waals surface area contributed by atoms with Gasteiger partial charge in [0.15, 0.2) is 0 Å². The summed E-state index contributed by atoms with van der Waals surface area (Å²) in [5.41, 5.74) is 3.00. The topological polar surface area (TPSA) is 38.3 Å². The van der Waals surface area contributed by atoms with Crippen LogP contribution in [0.1, 0.15) is 30.9 Å². The normalized spacial score (nSPS) is 10.4. The Kier molecular flexibility index (Phi) is 6.48. The maximum atomic E-state index is 11.9. The summed E-state index contributed by atoms with van der Waals surface area (Å²) >= 11 is 6.04. The van der Waals surface area contributed by atoms with Gasteiger partial charge in [0, 0.05) is 17.1 Å². The van der Waals surface area contributed by atoms with Crippen molar-refractivity contribution in [2.24, 2.45) is 0 Å². The molecule has 2 aromatic rings. The maximum absolute atomic E-state index is 11.9. The van der Waals surface area contributed by atoms with Crippen molar-refractivity contribution in [3.8, 4) is 5.75 Å². The summed E-state index contributed by atoms with van der Waals surface area (Å²) in [7, 11) is 0. The second-order valence-electron chi connectivity index (χ2n) is 5.46. The lowest BCUT2D eigenvalue weighted by atomic mass is 10.2. The van der Waals surface area contributed by atoms with Crippen LogP contribution >= 0.6 is 11.6 Å². The number of carbonyl (C=O) groups excluding carboxylic acids is 1. The molecule has 1 N–H and O–H groups in total. The average molecular weight is 332 g/mol. The second kappa shape index (κ2) is 8.59. The van der Waals surface area contributed by atoms with E-state index in [0.29, 0.717) is 24.5 Å². The van der Waals surface area contributed by atoms with E-state index >= 15 is 0 Å². The van der Waals surface area contributed by atoms with E-state index in [1.54, 1.807) is 6.07 Å². The van der Waals surface area contributed by atoms with Crippen molar-refractivity contribution in [2.45, 2.75) is 33.1 Å². The standard InChI is InChI=1S/C19H22ClNO2/c1-3-15-7-10-17(11-8-15)23-12-4-5-19(22)21-16-9-6-14(2)18(20)13-16/h6-11,13H,3-5,12H2,1-2H3,(H,21,22). The van der Waals surface area contributed by atoms with Gasteiger partial charge in [-0.3, -0.25) is 4.79 Å². The van der Waals surface area contributed by atoms with Crippen LogP contribution in [0.25, 0.3) is 0 Å². The highest BCUT2D eigenvalue weighted by atomic mass is 35.5. The molecule has 0 bridgehead atoms. The molecule has 122 valence electrons. The molecule has 0 radical (unpaired) electrons. The SMILES string of the molecule is CCc1ccc(OCCCC(=O)Nc2ccc(C)c(Cl)c2)cc1. The zero-order valence-corrected chi connectivity index (χ0v) is 14.3. The van der Waals surface area contributed by atoms with Crippen molar-refractivity contribution in [1.82, 2.24) is 0 Å².